The number of aliphatic hydroxyl groups excluding tert-OH is 1. The van der Waals surface area contributed by atoms with Crippen molar-refractivity contribution in [3.8, 4) is 0 Å². The van der Waals surface area contributed by atoms with E-state index >= 15 is 0 Å². The molecule has 0 saturated heterocycles. The van der Waals surface area contributed by atoms with Crippen molar-refractivity contribution in [3.05, 3.63) is 42.0 Å². The van der Waals surface area contributed by atoms with Crippen molar-refractivity contribution in [2.75, 3.05) is 19.0 Å². The van der Waals surface area contributed by atoms with Gasteiger partial charge in [-0.1, -0.05) is 18.7 Å². The van der Waals surface area contributed by atoms with Crippen molar-refractivity contribution in [3.63, 3.8) is 0 Å². The number of nitrogens with zero attached hydrogens (tertiary/aromatic N) is 1. The molecule has 0 aliphatic heterocycles. The van der Waals surface area contributed by atoms with Crippen molar-refractivity contribution in [1.29, 1.82) is 0 Å². The first-order chi connectivity index (χ1) is 6.52. The maximum atomic E-state index is 9.71. The zero-order valence-corrected chi connectivity index (χ0v) is 8.99. The highest BCUT2D eigenvalue weighted by atomic mass is 16.3. The van der Waals surface area contributed by atoms with E-state index in [1.54, 1.807) is 0 Å². The lowest BCUT2D eigenvalue weighted by Crippen LogP contribution is -2.08. The molecule has 1 atom stereocenters. The van der Waals surface area contributed by atoms with Gasteiger partial charge in [0.2, 0.25) is 0 Å². The van der Waals surface area contributed by atoms with Gasteiger partial charge in [0.25, 0.3) is 0 Å². The molecular weight excluding hydrogens is 174 g/mol. The van der Waals surface area contributed by atoms with Crippen LogP contribution in [0.5, 0.6) is 0 Å². The van der Waals surface area contributed by atoms with Gasteiger partial charge in [0.05, 0.1) is 6.10 Å². The zero-order chi connectivity index (χ0) is 10.7. The summed E-state index contributed by atoms with van der Waals surface area (Å²) < 4.78 is 0. The number of hydrogen-bond acceptors (Lipinski definition) is 2. The molecule has 0 saturated carbocycles. The quantitative estimate of drug-likeness (QED) is 0.741. The molecule has 0 fully saturated rings. The Kier molecular flexibility index (Phi) is 3.31. The molecule has 0 spiro atoms. The van der Waals surface area contributed by atoms with E-state index in [1.807, 2.05) is 50.2 Å². The van der Waals surface area contributed by atoms with E-state index in [2.05, 4.69) is 6.58 Å². The van der Waals surface area contributed by atoms with Crippen molar-refractivity contribution < 1.29 is 5.11 Å². The zero-order valence-electron chi connectivity index (χ0n) is 8.99. The SMILES string of the molecule is C=C(C)C(O)c1ccc(N(C)C)cc1. The molecule has 0 bridgehead atoms. The van der Waals surface area contributed by atoms with Crippen LogP contribution in [0.25, 0.3) is 0 Å². The second kappa shape index (κ2) is 4.29. The minimum atomic E-state index is -0.550. The summed E-state index contributed by atoms with van der Waals surface area (Å²) in [4.78, 5) is 2.02. The Balaban J connectivity index is 2.88. The van der Waals surface area contributed by atoms with Gasteiger partial charge in [0.1, 0.15) is 0 Å². The Bertz CT molecular complexity index is 314. The van der Waals surface area contributed by atoms with Gasteiger partial charge in [-0.2, -0.15) is 0 Å². The Hall–Kier alpha value is -1.28. The maximum Gasteiger partial charge on any atom is 0.0995 e. The van der Waals surface area contributed by atoms with Gasteiger partial charge in [-0.3, -0.25) is 0 Å². The Morgan fingerprint density at radius 3 is 2.14 bits per heavy atom. The highest BCUT2D eigenvalue weighted by Crippen LogP contribution is 2.22. The molecule has 14 heavy (non-hydrogen) atoms. The van der Waals surface area contributed by atoms with Crippen LogP contribution in [0.15, 0.2) is 36.4 Å². The summed E-state index contributed by atoms with van der Waals surface area (Å²) >= 11 is 0. The third-order valence-corrected chi connectivity index (χ3v) is 2.19. The van der Waals surface area contributed by atoms with E-state index in [1.165, 1.54) is 0 Å². The van der Waals surface area contributed by atoms with E-state index in [-0.39, 0.29) is 0 Å². The molecule has 1 aromatic rings. The van der Waals surface area contributed by atoms with Crippen molar-refractivity contribution in [1.82, 2.24) is 0 Å². The smallest absolute Gasteiger partial charge is 0.0995 e. The highest BCUT2D eigenvalue weighted by molar-refractivity contribution is 5.46. The topological polar surface area (TPSA) is 23.5 Å². The lowest BCUT2D eigenvalue weighted by molar-refractivity contribution is 0.216. The van der Waals surface area contributed by atoms with Crippen molar-refractivity contribution >= 4 is 5.69 Å². The number of hydrogen-bond donors (Lipinski definition) is 1. The fraction of sp³-hybridized carbons (Fsp3) is 0.333. The Morgan fingerprint density at radius 1 is 1.29 bits per heavy atom. The molecule has 1 N–H and O–H groups in total. The highest BCUT2D eigenvalue weighted by Gasteiger charge is 2.07. The summed E-state index contributed by atoms with van der Waals surface area (Å²) in [6, 6.07) is 7.83. The molecule has 0 aliphatic rings. The van der Waals surface area contributed by atoms with Crippen LogP contribution in [0.1, 0.15) is 18.6 Å². The molecule has 1 rings (SSSR count). The summed E-state index contributed by atoms with van der Waals surface area (Å²) in [6.07, 6.45) is -0.550. The van der Waals surface area contributed by atoms with Gasteiger partial charge in [0.15, 0.2) is 0 Å². The van der Waals surface area contributed by atoms with Crippen LogP contribution >= 0.6 is 0 Å². The molecule has 1 unspecified atom stereocenters. The van der Waals surface area contributed by atoms with Gasteiger partial charge in [-0.05, 0) is 30.2 Å². The molecule has 2 nitrogen and oxygen atoms in total. The molecule has 1 aromatic carbocycles. The van der Waals surface area contributed by atoms with Crippen LogP contribution < -0.4 is 4.90 Å². The van der Waals surface area contributed by atoms with Crippen LogP contribution in [0.3, 0.4) is 0 Å². The minimum absolute atomic E-state index is 0.550. The lowest BCUT2D eigenvalue weighted by Gasteiger charge is -2.15. The van der Waals surface area contributed by atoms with E-state index in [0.717, 1.165) is 16.8 Å². The fourth-order valence-electron chi connectivity index (χ4n) is 1.24. The Labute approximate surface area is 85.5 Å². The Morgan fingerprint density at radius 2 is 1.79 bits per heavy atom. The minimum Gasteiger partial charge on any atom is -0.384 e. The first-order valence-corrected chi connectivity index (χ1v) is 4.63. The number of aliphatic hydroxyl groups is 1. The average molecular weight is 191 g/mol. The van der Waals surface area contributed by atoms with E-state index in [0.29, 0.717) is 0 Å². The molecular formula is C12H17NO. The first kappa shape index (κ1) is 10.8. The standard InChI is InChI=1S/C12H17NO/c1-9(2)12(14)10-5-7-11(8-6-10)13(3)4/h5-8,12,14H,1H2,2-4H3. The first-order valence-electron chi connectivity index (χ1n) is 4.63. The summed E-state index contributed by atoms with van der Waals surface area (Å²) in [5.41, 5.74) is 2.79. The van der Waals surface area contributed by atoms with Crippen LogP contribution in [-0.2, 0) is 0 Å². The van der Waals surface area contributed by atoms with E-state index in [9.17, 15) is 5.11 Å². The van der Waals surface area contributed by atoms with E-state index < -0.39 is 6.10 Å². The third-order valence-electron chi connectivity index (χ3n) is 2.19. The summed E-state index contributed by atoms with van der Waals surface area (Å²) in [5.74, 6) is 0. The molecule has 0 amide bonds. The predicted octanol–water partition coefficient (Wildman–Crippen LogP) is 2.36. The van der Waals surface area contributed by atoms with Gasteiger partial charge < -0.3 is 10.0 Å². The van der Waals surface area contributed by atoms with E-state index in [4.69, 9.17) is 0 Å². The average Bonchev–Trinajstić information content (AvgIpc) is 2.16. The number of rotatable bonds is 3. The monoisotopic (exact) mass is 191 g/mol. The lowest BCUT2D eigenvalue weighted by atomic mass is 10.0. The summed E-state index contributed by atoms with van der Waals surface area (Å²) in [5, 5.41) is 9.71. The third kappa shape index (κ3) is 2.36. The van der Waals surface area contributed by atoms with Crippen molar-refractivity contribution in [2.45, 2.75) is 13.0 Å². The molecule has 0 aliphatic carbocycles. The second-order valence-electron chi connectivity index (χ2n) is 3.73. The van der Waals surface area contributed by atoms with Crippen molar-refractivity contribution in [2.24, 2.45) is 0 Å². The fourth-order valence-corrected chi connectivity index (χ4v) is 1.24. The predicted molar refractivity (Wildman–Crippen MR) is 60.5 cm³/mol. The largest absolute Gasteiger partial charge is 0.384 e. The van der Waals surface area contributed by atoms with Crippen LogP contribution in [0, 0.1) is 0 Å². The number of benzene rings is 1. The van der Waals surface area contributed by atoms with Gasteiger partial charge in [-0.15, -0.1) is 0 Å². The van der Waals surface area contributed by atoms with Crippen LogP contribution in [-0.4, -0.2) is 19.2 Å². The summed E-state index contributed by atoms with van der Waals surface area (Å²) in [7, 11) is 3.98. The molecule has 76 valence electrons. The maximum absolute atomic E-state index is 9.71. The molecule has 0 heterocycles. The molecule has 0 radical (unpaired) electrons. The van der Waals surface area contributed by atoms with Crippen LogP contribution in [0.4, 0.5) is 5.69 Å². The molecule has 0 aromatic heterocycles. The second-order valence-corrected chi connectivity index (χ2v) is 3.73. The van der Waals surface area contributed by atoms with Crippen LogP contribution in [0.2, 0.25) is 0 Å². The normalized spacial score (nSPS) is 12.3. The van der Waals surface area contributed by atoms with Gasteiger partial charge >= 0.3 is 0 Å². The number of anilines is 1. The van der Waals surface area contributed by atoms with Gasteiger partial charge in [-0.25, -0.2) is 0 Å². The van der Waals surface area contributed by atoms with Gasteiger partial charge in [0, 0.05) is 19.8 Å². The summed E-state index contributed by atoms with van der Waals surface area (Å²) in [6.45, 7) is 5.55. The molecule has 2 heteroatoms.